The lowest BCUT2D eigenvalue weighted by Crippen LogP contribution is -2.26. The predicted octanol–water partition coefficient (Wildman–Crippen LogP) is 1.27. The van der Waals surface area contributed by atoms with Crippen molar-refractivity contribution in [3.8, 4) is 5.75 Å². The van der Waals surface area contributed by atoms with Gasteiger partial charge in [-0.1, -0.05) is 12.1 Å². The Morgan fingerprint density at radius 3 is 3.15 bits per heavy atom. The number of hydrogen-bond acceptors (Lipinski definition) is 4. The van der Waals surface area contributed by atoms with Gasteiger partial charge in [-0.05, 0) is 17.2 Å². The van der Waals surface area contributed by atoms with Crippen molar-refractivity contribution in [1.82, 2.24) is 19.7 Å². The fourth-order valence-electron chi connectivity index (χ4n) is 3.03. The molecule has 1 aromatic carbocycles. The maximum atomic E-state index is 5.56. The van der Waals surface area contributed by atoms with Crippen LogP contribution in [0.1, 0.15) is 17.0 Å². The zero-order valence-electron chi connectivity index (χ0n) is 11.5. The fraction of sp³-hybridized carbons (Fsp3) is 0.467. The lowest BCUT2D eigenvalue weighted by molar-refractivity contribution is 0.271. The van der Waals surface area contributed by atoms with Crippen molar-refractivity contribution in [2.75, 3.05) is 19.7 Å². The van der Waals surface area contributed by atoms with Crippen LogP contribution in [0, 0.1) is 0 Å². The Morgan fingerprint density at radius 2 is 2.15 bits per heavy atom. The van der Waals surface area contributed by atoms with Crippen LogP contribution in [0.25, 0.3) is 0 Å². The molecule has 104 valence electrons. The first-order chi connectivity index (χ1) is 9.88. The van der Waals surface area contributed by atoms with Crippen LogP contribution in [0.5, 0.6) is 5.75 Å². The summed E-state index contributed by atoms with van der Waals surface area (Å²) in [6.07, 6.45) is 3.86. The third-order valence-corrected chi connectivity index (χ3v) is 4.16. The molecule has 5 heteroatoms. The van der Waals surface area contributed by atoms with E-state index in [1.54, 1.807) is 0 Å². The molecular formula is C15H18N4O. The Hall–Kier alpha value is -1.88. The molecule has 0 saturated heterocycles. The minimum Gasteiger partial charge on any atom is -0.493 e. The Labute approximate surface area is 118 Å². The number of aromatic nitrogens is 3. The molecule has 5 nitrogen and oxygen atoms in total. The van der Waals surface area contributed by atoms with E-state index in [2.05, 4.69) is 37.9 Å². The molecule has 0 saturated carbocycles. The van der Waals surface area contributed by atoms with Gasteiger partial charge in [0, 0.05) is 39.0 Å². The molecule has 0 N–H and O–H groups in total. The second-order valence-corrected chi connectivity index (χ2v) is 5.51. The summed E-state index contributed by atoms with van der Waals surface area (Å²) >= 11 is 0. The molecule has 2 aliphatic heterocycles. The van der Waals surface area contributed by atoms with Crippen molar-refractivity contribution < 1.29 is 4.74 Å². The van der Waals surface area contributed by atoms with E-state index < -0.39 is 0 Å². The summed E-state index contributed by atoms with van der Waals surface area (Å²) in [7, 11) is 0. The van der Waals surface area contributed by atoms with Crippen LogP contribution in [-0.4, -0.2) is 39.4 Å². The van der Waals surface area contributed by atoms with Crippen molar-refractivity contribution in [3.05, 3.63) is 41.5 Å². The first-order valence-corrected chi connectivity index (χ1v) is 7.22. The molecule has 0 amide bonds. The molecule has 4 rings (SSSR count). The number of hydrogen-bond donors (Lipinski definition) is 0. The summed E-state index contributed by atoms with van der Waals surface area (Å²) in [5, 5.41) is 8.15. The van der Waals surface area contributed by atoms with Gasteiger partial charge < -0.3 is 9.30 Å². The molecule has 0 unspecified atom stereocenters. The number of ether oxygens (including phenoxy) is 1. The average Bonchev–Trinajstić information content (AvgIpc) is 3.06. The van der Waals surface area contributed by atoms with Gasteiger partial charge in [-0.25, -0.2) is 0 Å². The van der Waals surface area contributed by atoms with Crippen LogP contribution in [-0.2, 0) is 25.9 Å². The summed E-state index contributed by atoms with van der Waals surface area (Å²) in [6, 6.07) is 6.60. The molecule has 0 atom stereocenters. The summed E-state index contributed by atoms with van der Waals surface area (Å²) in [5.41, 5.74) is 2.74. The zero-order valence-corrected chi connectivity index (χ0v) is 11.5. The summed E-state index contributed by atoms with van der Waals surface area (Å²) in [4.78, 5) is 2.49. The van der Waals surface area contributed by atoms with Crippen LogP contribution < -0.4 is 4.74 Å². The maximum Gasteiger partial charge on any atom is 0.134 e. The average molecular weight is 270 g/mol. The van der Waals surface area contributed by atoms with Crippen molar-refractivity contribution in [2.45, 2.75) is 25.9 Å². The lowest BCUT2D eigenvalue weighted by Gasteiger charge is -2.19. The highest BCUT2D eigenvalue weighted by atomic mass is 16.5. The minimum atomic E-state index is 0.830. The SMILES string of the molecule is c1cc2c(cc1CN1CCc3nncn3CC1)CCO2. The number of rotatable bonds is 2. The molecular weight excluding hydrogens is 252 g/mol. The maximum absolute atomic E-state index is 5.56. The third kappa shape index (κ3) is 2.18. The molecule has 0 aliphatic carbocycles. The lowest BCUT2D eigenvalue weighted by atomic mass is 10.1. The molecule has 0 fully saturated rings. The van der Waals surface area contributed by atoms with Gasteiger partial charge in [-0.15, -0.1) is 10.2 Å². The third-order valence-electron chi connectivity index (χ3n) is 4.16. The minimum absolute atomic E-state index is 0.830. The highest BCUT2D eigenvalue weighted by Crippen LogP contribution is 2.26. The predicted molar refractivity (Wildman–Crippen MR) is 74.6 cm³/mol. The van der Waals surface area contributed by atoms with E-state index >= 15 is 0 Å². The Morgan fingerprint density at radius 1 is 1.15 bits per heavy atom. The Balaban J connectivity index is 1.46. The molecule has 0 bridgehead atoms. The normalized spacial score (nSPS) is 18.2. The van der Waals surface area contributed by atoms with E-state index in [0.717, 1.165) is 57.2 Å². The molecule has 0 radical (unpaired) electrons. The van der Waals surface area contributed by atoms with E-state index in [4.69, 9.17) is 4.74 Å². The highest BCUT2D eigenvalue weighted by molar-refractivity contribution is 5.39. The van der Waals surface area contributed by atoms with Gasteiger partial charge >= 0.3 is 0 Å². The van der Waals surface area contributed by atoms with Gasteiger partial charge in [0.1, 0.15) is 17.9 Å². The summed E-state index contributed by atoms with van der Waals surface area (Å²) < 4.78 is 7.73. The van der Waals surface area contributed by atoms with Gasteiger partial charge in [-0.3, -0.25) is 4.90 Å². The van der Waals surface area contributed by atoms with Crippen LogP contribution in [0.2, 0.25) is 0 Å². The van der Waals surface area contributed by atoms with Crippen molar-refractivity contribution >= 4 is 0 Å². The molecule has 0 spiro atoms. The van der Waals surface area contributed by atoms with Crippen molar-refractivity contribution in [1.29, 1.82) is 0 Å². The molecule has 20 heavy (non-hydrogen) atoms. The molecule has 1 aromatic heterocycles. The molecule has 2 aromatic rings. The summed E-state index contributed by atoms with van der Waals surface area (Å²) in [5.74, 6) is 2.17. The molecule has 2 aliphatic rings. The number of nitrogens with zero attached hydrogens (tertiary/aromatic N) is 4. The van der Waals surface area contributed by atoms with Crippen LogP contribution in [0.3, 0.4) is 0 Å². The fourth-order valence-corrected chi connectivity index (χ4v) is 3.03. The van der Waals surface area contributed by atoms with Gasteiger partial charge in [0.25, 0.3) is 0 Å². The largest absolute Gasteiger partial charge is 0.493 e. The summed E-state index contributed by atoms with van der Waals surface area (Å²) in [6.45, 7) is 4.92. The van der Waals surface area contributed by atoms with Crippen LogP contribution in [0.15, 0.2) is 24.5 Å². The van der Waals surface area contributed by atoms with Crippen molar-refractivity contribution in [3.63, 3.8) is 0 Å². The number of fused-ring (bicyclic) bond motifs is 2. The second kappa shape index (κ2) is 4.90. The van der Waals surface area contributed by atoms with Gasteiger partial charge in [-0.2, -0.15) is 0 Å². The van der Waals surface area contributed by atoms with E-state index in [-0.39, 0.29) is 0 Å². The van der Waals surface area contributed by atoms with Gasteiger partial charge in [0.15, 0.2) is 0 Å². The first-order valence-electron chi connectivity index (χ1n) is 7.22. The quantitative estimate of drug-likeness (QED) is 0.824. The van der Waals surface area contributed by atoms with E-state index in [9.17, 15) is 0 Å². The second-order valence-electron chi connectivity index (χ2n) is 5.51. The number of benzene rings is 1. The van der Waals surface area contributed by atoms with Crippen LogP contribution >= 0.6 is 0 Å². The van der Waals surface area contributed by atoms with E-state index in [0.29, 0.717) is 0 Å². The van der Waals surface area contributed by atoms with Crippen molar-refractivity contribution in [2.24, 2.45) is 0 Å². The molecule has 3 heterocycles. The Kier molecular flexibility index (Phi) is 2.92. The Bertz CT molecular complexity index is 600. The standard InChI is InChI=1S/C15H18N4O/c1-2-14-13(4-8-20-14)9-12(1)10-18-5-3-15-17-16-11-19(15)7-6-18/h1-2,9,11H,3-8,10H2. The smallest absolute Gasteiger partial charge is 0.134 e. The van der Waals surface area contributed by atoms with E-state index in [1.807, 2.05) is 6.33 Å². The van der Waals surface area contributed by atoms with Crippen LogP contribution in [0.4, 0.5) is 0 Å². The van der Waals surface area contributed by atoms with Gasteiger partial charge in [0.2, 0.25) is 0 Å². The van der Waals surface area contributed by atoms with E-state index in [1.165, 1.54) is 11.1 Å². The highest BCUT2D eigenvalue weighted by Gasteiger charge is 2.16. The zero-order chi connectivity index (χ0) is 13.4. The van der Waals surface area contributed by atoms with Gasteiger partial charge in [0.05, 0.1) is 6.61 Å². The topological polar surface area (TPSA) is 43.2 Å². The monoisotopic (exact) mass is 270 g/mol. The first kappa shape index (κ1) is 11.9.